The summed E-state index contributed by atoms with van der Waals surface area (Å²) in [6, 6.07) is 9.06. The van der Waals surface area contributed by atoms with Crippen molar-refractivity contribution in [1.82, 2.24) is 14.7 Å². The fourth-order valence-electron chi connectivity index (χ4n) is 3.36. The van der Waals surface area contributed by atoms with Gasteiger partial charge in [-0.1, -0.05) is 18.2 Å². The highest BCUT2D eigenvalue weighted by Crippen LogP contribution is 2.27. The van der Waals surface area contributed by atoms with E-state index >= 15 is 0 Å². The Morgan fingerprint density at radius 1 is 1.28 bits per heavy atom. The second kappa shape index (κ2) is 6.63. The minimum Gasteiger partial charge on any atom is -0.337 e. The summed E-state index contributed by atoms with van der Waals surface area (Å²) < 4.78 is 25.3. The molecule has 6 nitrogen and oxygen atoms in total. The number of aryl methyl sites for hydroxylation is 1. The zero-order valence-corrected chi connectivity index (χ0v) is 15.6. The largest absolute Gasteiger partial charge is 0.337 e. The fourth-order valence-corrected chi connectivity index (χ4v) is 5.05. The van der Waals surface area contributed by atoms with E-state index in [1.54, 1.807) is 24.1 Å². The Labute approximate surface area is 148 Å². The van der Waals surface area contributed by atoms with Crippen molar-refractivity contribution in [2.75, 3.05) is 18.6 Å². The zero-order valence-electron chi connectivity index (χ0n) is 14.8. The maximum Gasteiger partial charge on any atom is 0.253 e. The van der Waals surface area contributed by atoms with Crippen molar-refractivity contribution in [2.24, 2.45) is 0 Å². The molecular weight excluding hydrogens is 338 g/mol. The molecule has 2 heterocycles. The Morgan fingerprint density at radius 2 is 1.96 bits per heavy atom. The Bertz CT molecular complexity index is 888. The van der Waals surface area contributed by atoms with Crippen molar-refractivity contribution in [1.29, 1.82) is 0 Å². The van der Waals surface area contributed by atoms with Gasteiger partial charge in [-0.2, -0.15) is 5.10 Å². The monoisotopic (exact) mass is 361 g/mol. The summed E-state index contributed by atoms with van der Waals surface area (Å²) in [5, 5.41) is 4.56. The van der Waals surface area contributed by atoms with Gasteiger partial charge in [0.25, 0.3) is 5.91 Å². The molecule has 7 heteroatoms. The number of hydrogen-bond acceptors (Lipinski definition) is 4. The predicted molar refractivity (Wildman–Crippen MR) is 96.2 cm³/mol. The number of rotatable bonds is 4. The van der Waals surface area contributed by atoms with Crippen LogP contribution in [0.2, 0.25) is 0 Å². The van der Waals surface area contributed by atoms with Crippen molar-refractivity contribution in [2.45, 2.75) is 32.9 Å². The Hall–Kier alpha value is -2.15. The van der Waals surface area contributed by atoms with E-state index in [1.807, 2.05) is 36.7 Å². The minimum absolute atomic E-state index is 0.0457. The third-order valence-corrected chi connectivity index (χ3v) is 6.54. The first-order valence-electron chi connectivity index (χ1n) is 8.34. The molecule has 25 heavy (non-hydrogen) atoms. The van der Waals surface area contributed by atoms with Crippen molar-refractivity contribution in [3.63, 3.8) is 0 Å². The highest BCUT2D eigenvalue weighted by atomic mass is 32.2. The van der Waals surface area contributed by atoms with Crippen LogP contribution in [0.4, 0.5) is 0 Å². The van der Waals surface area contributed by atoms with Gasteiger partial charge in [-0.15, -0.1) is 0 Å². The molecule has 0 unspecified atom stereocenters. The lowest BCUT2D eigenvalue weighted by atomic mass is 10.1. The van der Waals surface area contributed by atoms with E-state index in [1.165, 1.54) is 0 Å². The van der Waals surface area contributed by atoms with Crippen LogP contribution in [-0.2, 0) is 16.4 Å². The molecule has 3 rings (SSSR count). The lowest BCUT2D eigenvalue weighted by Crippen LogP contribution is -2.26. The van der Waals surface area contributed by atoms with Crippen LogP contribution >= 0.6 is 0 Å². The van der Waals surface area contributed by atoms with Gasteiger partial charge >= 0.3 is 0 Å². The smallest absolute Gasteiger partial charge is 0.253 e. The maximum absolute atomic E-state index is 12.5. The van der Waals surface area contributed by atoms with Crippen molar-refractivity contribution >= 4 is 15.7 Å². The molecule has 1 atom stereocenters. The van der Waals surface area contributed by atoms with Gasteiger partial charge in [-0.05, 0) is 32.4 Å². The molecule has 0 saturated carbocycles. The maximum atomic E-state index is 12.5. The normalized spacial score (nSPS) is 19.1. The quantitative estimate of drug-likeness (QED) is 0.836. The number of aromatic nitrogens is 2. The topological polar surface area (TPSA) is 72.3 Å². The van der Waals surface area contributed by atoms with Gasteiger partial charge in [0, 0.05) is 30.4 Å². The SMILES string of the molecule is Cc1nn([C@H]2CCS(=O)(=O)C2)c(C)c1CN(C)C(=O)c1ccccc1. The van der Waals surface area contributed by atoms with Crippen LogP contribution in [0.3, 0.4) is 0 Å². The Morgan fingerprint density at radius 3 is 2.56 bits per heavy atom. The molecule has 1 aliphatic rings. The molecule has 1 fully saturated rings. The van der Waals surface area contributed by atoms with Gasteiger partial charge in [0.05, 0.1) is 23.2 Å². The van der Waals surface area contributed by atoms with E-state index in [-0.39, 0.29) is 23.5 Å². The average Bonchev–Trinajstić information content (AvgIpc) is 3.08. The summed E-state index contributed by atoms with van der Waals surface area (Å²) in [4.78, 5) is 14.2. The van der Waals surface area contributed by atoms with Crippen molar-refractivity contribution < 1.29 is 13.2 Å². The van der Waals surface area contributed by atoms with Crippen molar-refractivity contribution in [3.05, 3.63) is 52.8 Å². The van der Waals surface area contributed by atoms with Gasteiger partial charge in [-0.25, -0.2) is 8.42 Å². The lowest BCUT2D eigenvalue weighted by Gasteiger charge is -2.18. The highest BCUT2D eigenvalue weighted by molar-refractivity contribution is 7.91. The third-order valence-electron chi connectivity index (χ3n) is 4.79. The Kier molecular flexibility index (Phi) is 4.69. The first-order valence-corrected chi connectivity index (χ1v) is 10.2. The molecule has 1 aliphatic heterocycles. The van der Waals surface area contributed by atoms with Crippen LogP contribution in [0.1, 0.15) is 39.8 Å². The second-order valence-corrected chi connectivity index (χ2v) is 8.91. The molecular formula is C18H23N3O3S. The molecule has 2 aromatic rings. The van der Waals surface area contributed by atoms with Gasteiger partial charge < -0.3 is 4.90 Å². The first-order chi connectivity index (χ1) is 11.8. The summed E-state index contributed by atoms with van der Waals surface area (Å²) in [5.74, 6) is 0.320. The van der Waals surface area contributed by atoms with Gasteiger partial charge in [-0.3, -0.25) is 9.48 Å². The molecule has 134 valence electrons. The van der Waals surface area contributed by atoms with E-state index in [0.717, 1.165) is 17.0 Å². The average molecular weight is 361 g/mol. The number of sulfone groups is 1. The van der Waals surface area contributed by atoms with E-state index < -0.39 is 9.84 Å². The molecule has 0 aliphatic carbocycles. The van der Waals surface area contributed by atoms with Gasteiger partial charge in [0.1, 0.15) is 0 Å². The molecule has 0 N–H and O–H groups in total. The van der Waals surface area contributed by atoms with E-state index in [9.17, 15) is 13.2 Å². The number of benzene rings is 1. The number of amides is 1. The summed E-state index contributed by atoms with van der Waals surface area (Å²) in [6.07, 6.45) is 0.600. The summed E-state index contributed by atoms with van der Waals surface area (Å²) in [5.41, 5.74) is 3.41. The van der Waals surface area contributed by atoms with Crippen LogP contribution in [0.5, 0.6) is 0 Å². The molecule has 0 spiro atoms. The van der Waals surface area contributed by atoms with Crippen LogP contribution in [0, 0.1) is 13.8 Å². The zero-order chi connectivity index (χ0) is 18.2. The standard InChI is InChI=1S/C18H23N3O3S/c1-13-17(11-20(3)18(22)15-7-5-4-6-8-15)14(2)21(19-13)16-9-10-25(23,24)12-16/h4-8,16H,9-12H2,1-3H3/t16-/m0/s1. The van der Waals surface area contributed by atoms with Crippen LogP contribution < -0.4 is 0 Å². The van der Waals surface area contributed by atoms with Gasteiger partial charge in [0.2, 0.25) is 0 Å². The molecule has 0 radical (unpaired) electrons. The lowest BCUT2D eigenvalue weighted by molar-refractivity contribution is 0.0784. The second-order valence-electron chi connectivity index (χ2n) is 6.68. The first kappa shape index (κ1) is 17.7. The Balaban J connectivity index is 1.80. The van der Waals surface area contributed by atoms with Crippen LogP contribution in [-0.4, -0.2) is 47.6 Å². The van der Waals surface area contributed by atoms with E-state index in [2.05, 4.69) is 5.10 Å². The van der Waals surface area contributed by atoms with E-state index in [0.29, 0.717) is 18.5 Å². The summed E-state index contributed by atoms with van der Waals surface area (Å²) in [7, 11) is -1.19. The van der Waals surface area contributed by atoms with Crippen LogP contribution in [0.25, 0.3) is 0 Å². The van der Waals surface area contributed by atoms with E-state index in [4.69, 9.17) is 0 Å². The highest BCUT2D eigenvalue weighted by Gasteiger charge is 2.31. The van der Waals surface area contributed by atoms with Gasteiger partial charge in [0.15, 0.2) is 9.84 Å². The molecule has 1 amide bonds. The summed E-state index contributed by atoms with van der Waals surface area (Å²) >= 11 is 0. The third kappa shape index (κ3) is 3.61. The number of carbonyl (C=O) groups excluding carboxylic acids is 1. The molecule has 0 bridgehead atoms. The fraction of sp³-hybridized carbons (Fsp3) is 0.444. The number of carbonyl (C=O) groups is 1. The minimum atomic E-state index is -2.96. The summed E-state index contributed by atoms with van der Waals surface area (Å²) in [6.45, 7) is 4.30. The molecule has 1 aromatic heterocycles. The number of nitrogens with zero attached hydrogens (tertiary/aromatic N) is 3. The molecule has 1 aromatic carbocycles. The molecule has 1 saturated heterocycles. The number of hydrogen-bond donors (Lipinski definition) is 0. The van der Waals surface area contributed by atoms with Crippen molar-refractivity contribution in [3.8, 4) is 0 Å². The predicted octanol–water partition coefficient (Wildman–Crippen LogP) is 2.13. The van der Waals surface area contributed by atoms with Crippen LogP contribution in [0.15, 0.2) is 30.3 Å².